The fourth-order valence-corrected chi connectivity index (χ4v) is 2.84. The van der Waals surface area contributed by atoms with Crippen LogP contribution >= 0.6 is 15.9 Å². The van der Waals surface area contributed by atoms with E-state index in [1.165, 1.54) is 0 Å². The van der Waals surface area contributed by atoms with Gasteiger partial charge >= 0.3 is 5.97 Å². The van der Waals surface area contributed by atoms with Crippen molar-refractivity contribution >= 4 is 27.8 Å². The Hall–Kier alpha value is -1.50. The lowest BCUT2D eigenvalue weighted by molar-refractivity contribution is -0.142. The molecule has 4 nitrogen and oxygen atoms in total. The van der Waals surface area contributed by atoms with Crippen molar-refractivity contribution in [3.05, 3.63) is 33.8 Å². The first kappa shape index (κ1) is 14.9. The summed E-state index contributed by atoms with van der Waals surface area (Å²) < 4.78 is 27.7. The minimum absolute atomic E-state index is 0.173. The highest BCUT2D eigenvalue weighted by Gasteiger charge is 2.41. The molecule has 1 amide bonds. The van der Waals surface area contributed by atoms with E-state index < -0.39 is 35.1 Å². The molecule has 0 saturated carbocycles. The van der Waals surface area contributed by atoms with Crippen molar-refractivity contribution in [1.82, 2.24) is 4.90 Å². The molecule has 1 aliphatic rings. The molecule has 1 N–H and O–H groups in total. The SMILES string of the molecule is CC1CCN(C(=O)c2c(F)cc(Br)cc2F)C1C(=O)O. The number of amides is 1. The van der Waals surface area contributed by atoms with Crippen molar-refractivity contribution in [2.75, 3.05) is 6.54 Å². The van der Waals surface area contributed by atoms with Crippen LogP contribution in [0, 0.1) is 17.6 Å². The summed E-state index contributed by atoms with van der Waals surface area (Å²) in [6, 6.07) is 0.905. The number of halogens is 3. The van der Waals surface area contributed by atoms with E-state index in [0.29, 0.717) is 6.42 Å². The van der Waals surface area contributed by atoms with E-state index in [1.54, 1.807) is 6.92 Å². The molecular formula is C13H12BrF2NO3. The molecule has 1 aromatic carbocycles. The minimum Gasteiger partial charge on any atom is -0.480 e. The van der Waals surface area contributed by atoms with Gasteiger partial charge in [0.2, 0.25) is 0 Å². The van der Waals surface area contributed by atoms with Gasteiger partial charge in [-0.15, -0.1) is 0 Å². The van der Waals surface area contributed by atoms with Gasteiger partial charge in [-0.05, 0) is 24.5 Å². The topological polar surface area (TPSA) is 57.6 Å². The molecule has 20 heavy (non-hydrogen) atoms. The van der Waals surface area contributed by atoms with Gasteiger partial charge in [0.05, 0.1) is 0 Å². The third-order valence-corrected chi connectivity index (χ3v) is 3.89. The smallest absolute Gasteiger partial charge is 0.326 e. The molecule has 1 aromatic rings. The summed E-state index contributed by atoms with van der Waals surface area (Å²) in [6.07, 6.45) is 0.489. The Morgan fingerprint density at radius 2 is 1.90 bits per heavy atom. The molecule has 0 spiro atoms. The van der Waals surface area contributed by atoms with Crippen molar-refractivity contribution in [1.29, 1.82) is 0 Å². The predicted molar refractivity (Wildman–Crippen MR) is 70.3 cm³/mol. The standard InChI is InChI=1S/C13H12BrF2NO3/c1-6-2-3-17(11(6)13(19)20)12(18)10-8(15)4-7(14)5-9(10)16/h4-6,11H,2-3H2,1H3,(H,19,20). The zero-order chi connectivity index (χ0) is 15.0. The lowest BCUT2D eigenvalue weighted by Crippen LogP contribution is -2.43. The van der Waals surface area contributed by atoms with E-state index in [0.717, 1.165) is 17.0 Å². The van der Waals surface area contributed by atoms with Crippen LogP contribution in [0.4, 0.5) is 8.78 Å². The van der Waals surface area contributed by atoms with Crippen LogP contribution in [0.25, 0.3) is 0 Å². The first-order chi connectivity index (χ1) is 9.32. The Bertz CT molecular complexity index is 556. The molecule has 0 bridgehead atoms. The number of carbonyl (C=O) groups is 2. The van der Waals surface area contributed by atoms with Crippen molar-refractivity contribution in [2.45, 2.75) is 19.4 Å². The van der Waals surface area contributed by atoms with Crippen LogP contribution in [0.3, 0.4) is 0 Å². The average Bonchev–Trinajstić information content (AvgIpc) is 2.69. The number of benzene rings is 1. The molecule has 0 aromatic heterocycles. The van der Waals surface area contributed by atoms with Crippen molar-refractivity contribution in [3.8, 4) is 0 Å². The molecule has 2 atom stereocenters. The third-order valence-electron chi connectivity index (χ3n) is 3.43. The van der Waals surface area contributed by atoms with Crippen molar-refractivity contribution in [3.63, 3.8) is 0 Å². The van der Waals surface area contributed by atoms with Gasteiger partial charge in [-0.1, -0.05) is 22.9 Å². The summed E-state index contributed by atoms with van der Waals surface area (Å²) in [5, 5.41) is 9.14. The third kappa shape index (κ3) is 2.54. The Kier molecular flexibility index (Phi) is 4.08. The average molecular weight is 348 g/mol. The van der Waals surface area contributed by atoms with Gasteiger partial charge in [0.1, 0.15) is 23.2 Å². The zero-order valence-electron chi connectivity index (χ0n) is 10.6. The number of carboxylic acid groups (broad SMARTS) is 1. The van der Waals surface area contributed by atoms with Gasteiger partial charge in [0.25, 0.3) is 5.91 Å². The zero-order valence-corrected chi connectivity index (χ0v) is 12.2. The highest BCUT2D eigenvalue weighted by Crippen LogP contribution is 2.28. The Balaban J connectivity index is 2.39. The molecule has 2 unspecified atom stereocenters. The number of carboxylic acids is 1. The maximum Gasteiger partial charge on any atom is 0.326 e. The highest BCUT2D eigenvalue weighted by atomic mass is 79.9. The number of hydrogen-bond donors (Lipinski definition) is 1. The number of likely N-dealkylation sites (tertiary alicyclic amines) is 1. The Morgan fingerprint density at radius 3 is 2.40 bits per heavy atom. The summed E-state index contributed by atoms with van der Waals surface area (Å²) in [4.78, 5) is 24.4. The van der Waals surface area contributed by atoms with Crippen molar-refractivity contribution in [2.24, 2.45) is 5.92 Å². The van der Waals surface area contributed by atoms with Crippen LogP contribution in [0.2, 0.25) is 0 Å². The van der Waals surface area contributed by atoms with Gasteiger partial charge in [0, 0.05) is 11.0 Å². The second-order valence-corrected chi connectivity index (χ2v) is 5.71. The molecule has 1 fully saturated rings. The fourth-order valence-electron chi connectivity index (χ4n) is 2.44. The second-order valence-electron chi connectivity index (χ2n) is 4.79. The lowest BCUT2D eigenvalue weighted by Gasteiger charge is -2.23. The van der Waals surface area contributed by atoms with Crippen LogP contribution in [-0.4, -0.2) is 34.5 Å². The van der Waals surface area contributed by atoms with Crippen LogP contribution in [-0.2, 0) is 4.79 Å². The first-order valence-electron chi connectivity index (χ1n) is 6.01. The molecule has 1 heterocycles. The quantitative estimate of drug-likeness (QED) is 0.894. The Labute approximate surface area is 122 Å². The molecule has 2 rings (SSSR count). The number of hydrogen-bond acceptors (Lipinski definition) is 2. The largest absolute Gasteiger partial charge is 0.480 e. The lowest BCUT2D eigenvalue weighted by atomic mass is 10.0. The monoisotopic (exact) mass is 347 g/mol. The van der Waals surface area contributed by atoms with Crippen LogP contribution in [0.5, 0.6) is 0 Å². The number of rotatable bonds is 2. The van der Waals surface area contributed by atoms with Crippen LogP contribution in [0.1, 0.15) is 23.7 Å². The van der Waals surface area contributed by atoms with Crippen LogP contribution in [0.15, 0.2) is 16.6 Å². The highest BCUT2D eigenvalue weighted by molar-refractivity contribution is 9.10. The summed E-state index contributed by atoms with van der Waals surface area (Å²) in [5.41, 5.74) is -0.714. The fraction of sp³-hybridized carbons (Fsp3) is 0.385. The molecule has 0 aliphatic carbocycles. The summed E-state index contributed by atoms with van der Waals surface area (Å²) >= 11 is 2.93. The van der Waals surface area contributed by atoms with E-state index in [9.17, 15) is 18.4 Å². The van der Waals surface area contributed by atoms with E-state index in [-0.39, 0.29) is 16.9 Å². The molecule has 1 saturated heterocycles. The van der Waals surface area contributed by atoms with Gasteiger partial charge in [-0.3, -0.25) is 4.79 Å². The number of nitrogens with zero attached hydrogens (tertiary/aromatic N) is 1. The normalized spacial score (nSPS) is 22.1. The molecule has 7 heteroatoms. The predicted octanol–water partition coefficient (Wildman–Crippen LogP) is 2.66. The van der Waals surface area contributed by atoms with E-state index in [2.05, 4.69) is 15.9 Å². The van der Waals surface area contributed by atoms with Gasteiger partial charge in [-0.25, -0.2) is 13.6 Å². The van der Waals surface area contributed by atoms with E-state index in [1.807, 2.05) is 0 Å². The van der Waals surface area contributed by atoms with Crippen molar-refractivity contribution < 1.29 is 23.5 Å². The summed E-state index contributed by atoms with van der Waals surface area (Å²) in [5.74, 6) is -4.36. The molecule has 108 valence electrons. The second kappa shape index (κ2) is 5.47. The molecular weight excluding hydrogens is 336 g/mol. The maximum atomic E-state index is 13.8. The summed E-state index contributed by atoms with van der Waals surface area (Å²) in [6.45, 7) is 1.87. The van der Waals surface area contributed by atoms with E-state index in [4.69, 9.17) is 5.11 Å². The first-order valence-corrected chi connectivity index (χ1v) is 6.80. The number of aliphatic carboxylic acids is 1. The van der Waals surface area contributed by atoms with Gasteiger partial charge < -0.3 is 10.0 Å². The van der Waals surface area contributed by atoms with Gasteiger partial charge in [0.15, 0.2) is 0 Å². The molecule has 0 radical (unpaired) electrons. The molecule has 1 aliphatic heterocycles. The van der Waals surface area contributed by atoms with Gasteiger partial charge in [-0.2, -0.15) is 0 Å². The van der Waals surface area contributed by atoms with E-state index >= 15 is 0 Å². The Morgan fingerprint density at radius 1 is 1.35 bits per heavy atom. The van der Waals surface area contributed by atoms with Crippen LogP contribution < -0.4 is 0 Å². The maximum absolute atomic E-state index is 13.8. The minimum atomic E-state index is -1.17. The summed E-state index contributed by atoms with van der Waals surface area (Å²) in [7, 11) is 0. The number of carbonyl (C=O) groups excluding carboxylic acids is 1.